The molecule has 3 rings (SSSR count). The summed E-state index contributed by atoms with van der Waals surface area (Å²) in [4.78, 5) is 22.1. The summed E-state index contributed by atoms with van der Waals surface area (Å²) in [6.07, 6.45) is -0.346. The van der Waals surface area contributed by atoms with E-state index in [1.165, 1.54) is 6.20 Å². The van der Waals surface area contributed by atoms with E-state index < -0.39 is 34.9 Å². The molecule has 0 fully saturated rings. The van der Waals surface area contributed by atoms with E-state index in [4.69, 9.17) is 0 Å². The second kappa shape index (κ2) is 8.20. The van der Waals surface area contributed by atoms with E-state index in [1.54, 1.807) is 17.1 Å². The molecular formula is C17H19F3N8O3. The van der Waals surface area contributed by atoms with Gasteiger partial charge in [-0.15, -0.1) is 0 Å². The first-order valence-electron chi connectivity index (χ1n) is 9.13. The van der Waals surface area contributed by atoms with Crippen molar-refractivity contribution in [2.24, 2.45) is 0 Å². The number of nitro groups is 1. The van der Waals surface area contributed by atoms with Gasteiger partial charge in [0.2, 0.25) is 11.6 Å². The molecule has 3 aromatic heterocycles. The molecule has 31 heavy (non-hydrogen) atoms. The molecule has 0 saturated carbocycles. The standard InChI is InChI=1S/C17H19F3N8O3/c1-4-26-10(2)12(5-22-26)7-25-8-13(6-21-25)23-14(29)9-27-11(3)15(28(30)31)16(24-27)17(18,19)20/h5-6,8H,4,7,9H2,1-3H3,(H,23,29). The lowest BCUT2D eigenvalue weighted by Crippen LogP contribution is -2.20. The van der Waals surface area contributed by atoms with Crippen molar-refractivity contribution < 1.29 is 22.9 Å². The van der Waals surface area contributed by atoms with Crippen LogP contribution in [-0.2, 0) is 30.6 Å². The van der Waals surface area contributed by atoms with Crippen molar-refractivity contribution >= 4 is 17.3 Å². The van der Waals surface area contributed by atoms with Crippen molar-refractivity contribution in [2.75, 3.05) is 5.32 Å². The number of anilines is 1. The summed E-state index contributed by atoms with van der Waals surface area (Å²) < 4.78 is 43.1. The highest BCUT2D eigenvalue weighted by Crippen LogP contribution is 2.36. The first-order valence-corrected chi connectivity index (χ1v) is 9.13. The Kier molecular flexibility index (Phi) is 5.81. The lowest BCUT2D eigenvalue weighted by Gasteiger charge is -2.05. The number of aromatic nitrogens is 6. The molecule has 1 amide bonds. The zero-order valence-electron chi connectivity index (χ0n) is 16.8. The second-order valence-corrected chi connectivity index (χ2v) is 6.74. The zero-order chi connectivity index (χ0) is 22.9. The Morgan fingerprint density at radius 1 is 1.19 bits per heavy atom. The predicted octanol–water partition coefficient (Wildman–Crippen LogP) is 2.53. The quantitative estimate of drug-likeness (QED) is 0.445. The van der Waals surface area contributed by atoms with Gasteiger partial charge in [-0.2, -0.15) is 28.5 Å². The molecule has 3 aromatic rings. The Hall–Kier alpha value is -3.71. The minimum atomic E-state index is -5.01. The van der Waals surface area contributed by atoms with Gasteiger partial charge in [0.25, 0.3) is 0 Å². The van der Waals surface area contributed by atoms with Crippen LogP contribution in [0.4, 0.5) is 24.5 Å². The van der Waals surface area contributed by atoms with E-state index in [2.05, 4.69) is 20.6 Å². The van der Waals surface area contributed by atoms with Gasteiger partial charge in [-0.05, 0) is 20.8 Å². The summed E-state index contributed by atoms with van der Waals surface area (Å²) in [6.45, 7) is 5.52. The topological polar surface area (TPSA) is 126 Å². The summed E-state index contributed by atoms with van der Waals surface area (Å²) in [5.41, 5.74) is -0.927. The van der Waals surface area contributed by atoms with Crippen LogP contribution in [0.25, 0.3) is 0 Å². The molecule has 0 saturated heterocycles. The molecule has 166 valence electrons. The minimum Gasteiger partial charge on any atom is -0.322 e. The van der Waals surface area contributed by atoms with Crippen LogP contribution in [0.5, 0.6) is 0 Å². The van der Waals surface area contributed by atoms with Gasteiger partial charge in [0.1, 0.15) is 12.2 Å². The van der Waals surface area contributed by atoms with Gasteiger partial charge in [-0.3, -0.25) is 29.0 Å². The van der Waals surface area contributed by atoms with Gasteiger partial charge in [0.05, 0.1) is 29.5 Å². The SMILES string of the molecule is CCn1ncc(Cn2cc(NC(=O)Cn3nc(C(F)(F)F)c([N+](=O)[O-])c3C)cn2)c1C. The molecule has 0 bridgehead atoms. The number of amides is 1. The molecule has 14 heteroatoms. The van der Waals surface area contributed by atoms with E-state index >= 15 is 0 Å². The number of hydrogen-bond donors (Lipinski definition) is 1. The van der Waals surface area contributed by atoms with Crippen LogP contribution >= 0.6 is 0 Å². The fraction of sp³-hybridized carbons (Fsp3) is 0.412. The van der Waals surface area contributed by atoms with Crippen LogP contribution in [0.15, 0.2) is 18.6 Å². The first kappa shape index (κ1) is 22.0. The molecule has 0 unspecified atom stereocenters. The highest BCUT2D eigenvalue weighted by Gasteiger charge is 2.44. The number of hydrogen-bond acceptors (Lipinski definition) is 6. The minimum absolute atomic E-state index is 0.320. The fourth-order valence-corrected chi connectivity index (χ4v) is 3.09. The molecule has 0 radical (unpaired) electrons. The van der Waals surface area contributed by atoms with E-state index in [-0.39, 0.29) is 5.69 Å². The Labute approximate surface area is 173 Å². The van der Waals surface area contributed by atoms with Crippen molar-refractivity contribution in [3.8, 4) is 0 Å². The molecule has 3 heterocycles. The van der Waals surface area contributed by atoms with Crippen molar-refractivity contribution in [3.63, 3.8) is 0 Å². The number of halogens is 3. The van der Waals surface area contributed by atoms with Gasteiger partial charge in [-0.1, -0.05) is 0 Å². The largest absolute Gasteiger partial charge is 0.442 e. The molecule has 0 atom stereocenters. The van der Waals surface area contributed by atoms with Crippen LogP contribution in [-0.4, -0.2) is 40.2 Å². The van der Waals surface area contributed by atoms with Crippen LogP contribution in [0.2, 0.25) is 0 Å². The second-order valence-electron chi connectivity index (χ2n) is 6.74. The number of carbonyl (C=O) groups is 1. The third-order valence-electron chi connectivity index (χ3n) is 4.67. The van der Waals surface area contributed by atoms with Crippen LogP contribution in [0.3, 0.4) is 0 Å². The number of nitrogens with zero attached hydrogens (tertiary/aromatic N) is 7. The smallest absolute Gasteiger partial charge is 0.322 e. The lowest BCUT2D eigenvalue weighted by atomic mass is 10.2. The monoisotopic (exact) mass is 440 g/mol. The molecule has 1 N–H and O–H groups in total. The van der Waals surface area contributed by atoms with Gasteiger partial charge in [0.15, 0.2) is 0 Å². The van der Waals surface area contributed by atoms with Gasteiger partial charge in [0, 0.05) is 24.0 Å². The number of nitrogens with one attached hydrogen (secondary N) is 1. The molecule has 11 nitrogen and oxygen atoms in total. The van der Waals surface area contributed by atoms with Gasteiger partial charge in [-0.25, -0.2) is 0 Å². The van der Waals surface area contributed by atoms with E-state index in [9.17, 15) is 28.1 Å². The van der Waals surface area contributed by atoms with Crippen molar-refractivity contribution in [3.05, 3.63) is 51.4 Å². The van der Waals surface area contributed by atoms with E-state index in [0.717, 1.165) is 24.7 Å². The lowest BCUT2D eigenvalue weighted by molar-refractivity contribution is -0.388. The summed E-state index contributed by atoms with van der Waals surface area (Å²) in [5.74, 6) is -0.705. The Bertz CT molecular complexity index is 1130. The molecular weight excluding hydrogens is 421 g/mol. The zero-order valence-corrected chi connectivity index (χ0v) is 16.8. The summed E-state index contributed by atoms with van der Waals surface area (Å²) in [7, 11) is 0. The van der Waals surface area contributed by atoms with Crippen molar-refractivity contribution in [1.29, 1.82) is 0 Å². The maximum Gasteiger partial charge on any atom is 0.442 e. The summed E-state index contributed by atoms with van der Waals surface area (Å²) in [5, 5.41) is 25.1. The number of alkyl halides is 3. The van der Waals surface area contributed by atoms with E-state index in [0.29, 0.717) is 16.9 Å². The molecule has 0 aromatic carbocycles. The third-order valence-corrected chi connectivity index (χ3v) is 4.67. The number of rotatable bonds is 7. The van der Waals surface area contributed by atoms with Crippen molar-refractivity contribution in [1.82, 2.24) is 29.3 Å². The maximum absolute atomic E-state index is 13.0. The first-order chi connectivity index (χ1) is 14.5. The maximum atomic E-state index is 13.0. The predicted molar refractivity (Wildman–Crippen MR) is 101 cm³/mol. The van der Waals surface area contributed by atoms with Gasteiger partial charge < -0.3 is 5.32 Å². The number of carbonyl (C=O) groups excluding carboxylic acids is 1. The molecule has 0 spiro atoms. The van der Waals surface area contributed by atoms with E-state index in [1.807, 2.05) is 18.5 Å². The fourth-order valence-electron chi connectivity index (χ4n) is 3.09. The van der Waals surface area contributed by atoms with Crippen molar-refractivity contribution in [2.45, 2.75) is 46.6 Å². The highest BCUT2D eigenvalue weighted by atomic mass is 19.4. The summed E-state index contributed by atoms with van der Waals surface area (Å²) >= 11 is 0. The van der Waals surface area contributed by atoms with Crippen LogP contribution < -0.4 is 5.32 Å². The normalized spacial score (nSPS) is 11.7. The average molecular weight is 440 g/mol. The molecule has 0 aliphatic carbocycles. The van der Waals surface area contributed by atoms with Crippen LogP contribution in [0, 0.1) is 24.0 Å². The third kappa shape index (κ3) is 4.57. The highest BCUT2D eigenvalue weighted by molar-refractivity contribution is 5.90. The molecule has 0 aliphatic heterocycles. The average Bonchev–Trinajstić information content (AvgIpc) is 3.34. The van der Waals surface area contributed by atoms with Gasteiger partial charge >= 0.3 is 11.9 Å². The Balaban J connectivity index is 1.71. The van der Waals surface area contributed by atoms with Crippen LogP contribution in [0.1, 0.15) is 29.6 Å². The molecule has 0 aliphatic rings. The number of aryl methyl sites for hydroxylation is 1. The summed E-state index contributed by atoms with van der Waals surface area (Å²) in [6, 6.07) is 0. The Morgan fingerprint density at radius 2 is 1.90 bits per heavy atom. The Morgan fingerprint density at radius 3 is 2.45 bits per heavy atom.